The number of hydrogen-bond donors (Lipinski definition) is 1. The van der Waals surface area contributed by atoms with Gasteiger partial charge in [-0.2, -0.15) is 0 Å². The molecule has 0 atom stereocenters. The van der Waals surface area contributed by atoms with Gasteiger partial charge >= 0.3 is 0 Å². The van der Waals surface area contributed by atoms with Crippen LogP contribution < -0.4 is 5.32 Å². The minimum absolute atomic E-state index is 0.942. The van der Waals surface area contributed by atoms with E-state index in [2.05, 4.69) is 66.5 Å². The van der Waals surface area contributed by atoms with Crippen LogP contribution in [-0.2, 0) is 6.42 Å². The molecule has 0 saturated heterocycles. The summed E-state index contributed by atoms with van der Waals surface area (Å²) in [5.41, 5.74) is 2.58. The van der Waals surface area contributed by atoms with Gasteiger partial charge in [0.1, 0.15) is 0 Å². The molecule has 0 unspecified atom stereocenters. The van der Waals surface area contributed by atoms with E-state index in [9.17, 15) is 0 Å². The fourth-order valence-electron chi connectivity index (χ4n) is 1.87. The van der Waals surface area contributed by atoms with E-state index in [4.69, 9.17) is 0 Å². The van der Waals surface area contributed by atoms with Crippen molar-refractivity contribution in [2.45, 2.75) is 11.3 Å². The van der Waals surface area contributed by atoms with Gasteiger partial charge in [-0.1, -0.05) is 48.5 Å². The fraction of sp³-hybridized carbons (Fsp3) is 0.176. The first-order valence-corrected chi connectivity index (χ1v) is 7.49. The van der Waals surface area contributed by atoms with Crippen LogP contribution in [0.5, 0.6) is 0 Å². The highest BCUT2D eigenvalue weighted by molar-refractivity contribution is 7.99. The molecule has 98 valence electrons. The Kier molecular flexibility index (Phi) is 5.57. The molecule has 0 aliphatic rings. The molecule has 0 spiro atoms. The van der Waals surface area contributed by atoms with E-state index in [1.807, 2.05) is 17.8 Å². The second-order valence-corrected chi connectivity index (χ2v) is 5.32. The summed E-state index contributed by atoms with van der Waals surface area (Å²) in [4.78, 5) is 1.29. The third-order valence-electron chi connectivity index (χ3n) is 2.82. The minimum Gasteiger partial charge on any atom is -0.384 e. The lowest BCUT2D eigenvalue weighted by atomic mass is 10.1. The lowest BCUT2D eigenvalue weighted by molar-refractivity contribution is 1.01. The van der Waals surface area contributed by atoms with Crippen molar-refractivity contribution in [2.24, 2.45) is 0 Å². The zero-order chi connectivity index (χ0) is 13.3. The maximum atomic E-state index is 3.77. The summed E-state index contributed by atoms with van der Waals surface area (Å²) in [7, 11) is 0. The Morgan fingerprint density at radius 1 is 1.00 bits per heavy atom. The van der Waals surface area contributed by atoms with Crippen molar-refractivity contribution < 1.29 is 0 Å². The zero-order valence-corrected chi connectivity index (χ0v) is 11.8. The molecule has 2 heteroatoms. The van der Waals surface area contributed by atoms with Crippen molar-refractivity contribution in [3.8, 4) is 0 Å². The quantitative estimate of drug-likeness (QED) is 0.581. The number of anilines is 1. The molecule has 0 heterocycles. The summed E-state index contributed by atoms with van der Waals surface area (Å²) in [6.07, 6.45) is 2.98. The van der Waals surface area contributed by atoms with Crippen LogP contribution in [0.25, 0.3) is 0 Å². The van der Waals surface area contributed by atoms with Crippen LogP contribution in [0.1, 0.15) is 5.56 Å². The summed E-state index contributed by atoms with van der Waals surface area (Å²) in [5.74, 6) is 0.942. The Hall–Kier alpha value is -1.67. The molecule has 0 aromatic heterocycles. The van der Waals surface area contributed by atoms with E-state index in [0.29, 0.717) is 0 Å². The predicted molar refractivity (Wildman–Crippen MR) is 86.0 cm³/mol. The molecule has 2 aromatic rings. The van der Waals surface area contributed by atoms with E-state index in [1.165, 1.54) is 16.1 Å². The molecule has 0 bridgehead atoms. The number of hydrogen-bond acceptors (Lipinski definition) is 2. The highest BCUT2D eigenvalue weighted by Crippen LogP contribution is 2.26. The van der Waals surface area contributed by atoms with Gasteiger partial charge in [-0.15, -0.1) is 18.3 Å². The topological polar surface area (TPSA) is 12.0 Å². The molecule has 0 amide bonds. The fourth-order valence-corrected chi connectivity index (χ4v) is 2.64. The number of para-hydroxylation sites is 1. The molecule has 2 rings (SSSR count). The molecule has 0 radical (unpaired) electrons. The average Bonchev–Trinajstić information content (AvgIpc) is 2.47. The second-order valence-electron chi connectivity index (χ2n) is 4.26. The Bertz CT molecular complexity index is 508. The Morgan fingerprint density at radius 3 is 2.53 bits per heavy atom. The van der Waals surface area contributed by atoms with Crippen molar-refractivity contribution >= 4 is 17.4 Å². The van der Waals surface area contributed by atoms with Gasteiger partial charge < -0.3 is 5.32 Å². The maximum absolute atomic E-state index is 3.77. The third-order valence-corrected chi connectivity index (χ3v) is 3.89. The first-order valence-electron chi connectivity index (χ1n) is 6.50. The van der Waals surface area contributed by atoms with Gasteiger partial charge in [0, 0.05) is 22.9 Å². The van der Waals surface area contributed by atoms with E-state index in [-0.39, 0.29) is 0 Å². The lowest BCUT2D eigenvalue weighted by Crippen LogP contribution is -2.05. The molecule has 0 saturated carbocycles. The van der Waals surface area contributed by atoms with E-state index in [0.717, 1.165) is 18.7 Å². The standard InChI is InChI=1S/C17H19NS/c1-2-14-19-17-11-7-6-10-16(17)18-13-12-15-8-4-3-5-9-15/h2-11,18H,1,12-14H2. The lowest BCUT2D eigenvalue weighted by Gasteiger charge is -2.11. The van der Waals surface area contributed by atoms with Crippen LogP contribution >= 0.6 is 11.8 Å². The predicted octanol–water partition coefficient (Wildman–Crippen LogP) is 4.62. The Morgan fingerprint density at radius 2 is 1.74 bits per heavy atom. The molecule has 2 aromatic carbocycles. The van der Waals surface area contributed by atoms with E-state index < -0.39 is 0 Å². The van der Waals surface area contributed by atoms with Crippen molar-refractivity contribution in [3.05, 3.63) is 72.8 Å². The van der Waals surface area contributed by atoms with Gasteiger partial charge in [-0.3, -0.25) is 0 Å². The van der Waals surface area contributed by atoms with Crippen LogP contribution in [0.2, 0.25) is 0 Å². The first kappa shape index (κ1) is 13.8. The van der Waals surface area contributed by atoms with Gasteiger partial charge in [0.05, 0.1) is 0 Å². The molecule has 0 aliphatic carbocycles. The van der Waals surface area contributed by atoms with Crippen molar-refractivity contribution in [1.29, 1.82) is 0 Å². The number of thioether (sulfide) groups is 1. The average molecular weight is 269 g/mol. The molecule has 1 N–H and O–H groups in total. The third kappa shape index (κ3) is 4.49. The first-order chi connectivity index (χ1) is 9.40. The Balaban J connectivity index is 1.90. The van der Waals surface area contributed by atoms with Crippen LogP contribution in [0.4, 0.5) is 5.69 Å². The molecule has 1 nitrogen and oxygen atoms in total. The van der Waals surface area contributed by atoms with Crippen molar-refractivity contribution in [2.75, 3.05) is 17.6 Å². The smallest absolute Gasteiger partial charge is 0.0478 e. The molecule has 0 aliphatic heterocycles. The zero-order valence-electron chi connectivity index (χ0n) is 11.0. The summed E-state index contributed by atoms with van der Waals surface area (Å²) < 4.78 is 0. The number of benzene rings is 2. The normalized spacial score (nSPS) is 10.1. The summed E-state index contributed by atoms with van der Waals surface area (Å²) >= 11 is 1.81. The molecular weight excluding hydrogens is 250 g/mol. The van der Waals surface area contributed by atoms with Crippen LogP contribution in [0.15, 0.2) is 72.1 Å². The van der Waals surface area contributed by atoms with Gasteiger partial charge in [-0.05, 0) is 24.1 Å². The molecular formula is C17H19NS. The van der Waals surface area contributed by atoms with Gasteiger partial charge in [0.15, 0.2) is 0 Å². The van der Waals surface area contributed by atoms with E-state index in [1.54, 1.807) is 0 Å². The van der Waals surface area contributed by atoms with Crippen LogP contribution in [0, 0.1) is 0 Å². The van der Waals surface area contributed by atoms with Crippen LogP contribution in [-0.4, -0.2) is 12.3 Å². The van der Waals surface area contributed by atoms with Gasteiger partial charge in [0.25, 0.3) is 0 Å². The monoisotopic (exact) mass is 269 g/mol. The molecule has 19 heavy (non-hydrogen) atoms. The minimum atomic E-state index is 0.942. The van der Waals surface area contributed by atoms with Crippen molar-refractivity contribution in [3.63, 3.8) is 0 Å². The Labute approximate surface area is 119 Å². The van der Waals surface area contributed by atoms with E-state index >= 15 is 0 Å². The summed E-state index contributed by atoms with van der Waals surface area (Å²) in [6, 6.07) is 19.0. The maximum Gasteiger partial charge on any atom is 0.0478 e. The van der Waals surface area contributed by atoms with Gasteiger partial charge in [0.2, 0.25) is 0 Å². The number of rotatable bonds is 7. The second kappa shape index (κ2) is 7.70. The summed E-state index contributed by atoms with van der Waals surface area (Å²) in [5, 5.41) is 3.52. The highest BCUT2D eigenvalue weighted by atomic mass is 32.2. The van der Waals surface area contributed by atoms with Gasteiger partial charge in [-0.25, -0.2) is 0 Å². The highest BCUT2D eigenvalue weighted by Gasteiger charge is 2.00. The SMILES string of the molecule is C=CCSc1ccccc1NCCc1ccccc1. The largest absolute Gasteiger partial charge is 0.384 e. The van der Waals surface area contributed by atoms with Crippen LogP contribution in [0.3, 0.4) is 0 Å². The van der Waals surface area contributed by atoms with Crippen molar-refractivity contribution in [1.82, 2.24) is 0 Å². The number of nitrogens with one attached hydrogen (secondary N) is 1. The summed E-state index contributed by atoms with van der Waals surface area (Å²) in [6.45, 7) is 4.72. The molecule has 0 fully saturated rings.